The van der Waals surface area contributed by atoms with Crippen molar-refractivity contribution in [1.82, 2.24) is 15.0 Å². The van der Waals surface area contributed by atoms with Crippen molar-refractivity contribution < 1.29 is 8.97 Å². The van der Waals surface area contributed by atoms with Crippen LogP contribution in [0, 0.1) is 5.41 Å². The third kappa shape index (κ3) is 2.39. The van der Waals surface area contributed by atoms with Gasteiger partial charge in [-0.05, 0) is 46.7 Å². The largest absolute Gasteiger partial charge is 0.598 e. The molecule has 1 spiro atoms. The summed E-state index contributed by atoms with van der Waals surface area (Å²) in [6, 6.07) is 0.0402. The number of hydrogen-bond donors (Lipinski definition) is 2. The van der Waals surface area contributed by atoms with Gasteiger partial charge in [-0.3, -0.25) is 0 Å². The zero-order valence-corrected chi connectivity index (χ0v) is 13.2. The van der Waals surface area contributed by atoms with E-state index in [-0.39, 0.29) is 16.2 Å². The molecule has 2 N–H and O–H groups in total. The second-order valence-corrected chi connectivity index (χ2v) is 8.88. The summed E-state index contributed by atoms with van der Waals surface area (Å²) in [4.78, 5) is 4.38. The van der Waals surface area contributed by atoms with Crippen LogP contribution in [-0.4, -0.2) is 27.4 Å². The lowest BCUT2D eigenvalue weighted by atomic mass is 9.74. The molecule has 2 unspecified atom stereocenters. The summed E-state index contributed by atoms with van der Waals surface area (Å²) in [5.41, 5.74) is 1.07. The fourth-order valence-electron chi connectivity index (χ4n) is 3.21. The number of aromatic nitrogens is 1. The number of rotatable bonds is 2. The Bertz CT molecular complexity index is 477. The van der Waals surface area contributed by atoms with Crippen LogP contribution in [0.3, 0.4) is 0 Å². The molecule has 2 atom stereocenters. The van der Waals surface area contributed by atoms with E-state index in [0.29, 0.717) is 0 Å². The fraction of sp³-hybridized carbons (Fsp3) is 0.786. The van der Waals surface area contributed by atoms with Crippen molar-refractivity contribution in [2.75, 3.05) is 13.1 Å². The molecule has 3 rings (SSSR count). The monoisotopic (exact) mass is 297 g/mol. The quantitative estimate of drug-likeness (QED) is 0.813. The summed E-state index contributed by atoms with van der Waals surface area (Å²) >= 11 is -1.10. The van der Waals surface area contributed by atoms with Gasteiger partial charge in [0.05, 0.1) is 0 Å². The molecule has 1 saturated heterocycles. The highest BCUT2D eigenvalue weighted by Gasteiger charge is 2.52. The summed E-state index contributed by atoms with van der Waals surface area (Å²) in [6.07, 6.45) is 4.55. The number of piperidine rings is 1. The first-order valence-corrected chi connectivity index (χ1v) is 8.38. The minimum atomic E-state index is -1.10. The van der Waals surface area contributed by atoms with Crippen LogP contribution in [-0.2, 0) is 17.8 Å². The summed E-state index contributed by atoms with van der Waals surface area (Å²) in [5.74, 6) is 0.968. The smallest absolute Gasteiger partial charge is 0.181 e. The highest BCUT2D eigenvalue weighted by atomic mass is 32.2. The van der Waals surface area contributed by atoms with Gasteiger partial charge in [-0.2, -0.15) is 0 Å². The van der Waals surface area contributed by atoms with Crippen LogP contribution in [0.5, 0.6) is 0 Å². The molecule has 1 fully saturated rings. The summed E-state index contributed by atoms with van der Waals surface area (Å²) in [5, 5.41) is 3.40. The Balaban J connectivity index is 1.87. The second-order valence-electron chi connectivity index (χ2n) is 6.88. The van der Waals surface area contributed by atoms with E-state index in [0.717, 1.165) is 43.8 Å². The van der Waals surface area contributed by atoms with E-state index in [4.69, 9.17) is 4.42 Å². The highest BCUT2D eigenvalue weighted by molar-refractivity contribution is 7.90. The molecule has 1 aliphatic heterocycles. The Hall–Kier alpha value is -0.560. The van der Waals surface area contributed by atoms with Crippen LogP contribution < -0.4 is 10.0 Å². The van der Waals surface area contributed by atoms with Crippen molar-refractivity contribution in [1.29, 1.82) is 0 Å². The first-order valence-electron chi connectivity index (χ1n) is 7.23. The van der Waals surface area contributed by atoms with Gasteiger partial charge in [0, 0.05) is 23.2 Å². The van der Waals surface area contributed by atoms with E-state index in [2.05, 4.69) is 15.0 Å². The molecule has 5 nitrogen and oxygen atoms in total. The van der Waals surface area contributed by atoms with E-state index < -0.39 is 11.4 Å². The molecule has 1 aromatic rings. The topological polar surface area (TPSA) is 73.1 Å². The minimum absolute atomic E-state index is 0.0402. The zero-order valence-electron chi connectivity index (χ0n) is 12.4. The lowest BCUT2D eigenvalue weighted by Crippen LogP contribution is -2.49. The Labute approximate surface area is 123 Å². The molecule has 20 heavy (non-hydrogen) atoms. The second kappa shape index (κ2) is 5.02. The molecule has 0 radical (unpaired) electrons. The van der Waals surface area contributed by atoms with Crippen LogP contribution in [0.4, 0.5) is 0 Å². The normalized spacial score (nSPS) is 26.7. The lowest BCUT2D eigenvalue weighted by molar-refractivity contribution is 0.156. The van der Waals surface area contributed by atoms with Gasteiger partial charge in [0.1, 0.15) is 22.2 Å². The zero-order chi connectivity index (χ0) is 14.4. The average Bonchev–Trinajstić information content (AvgIpc) is 2.91. The van der Waals surface area contributed by atoms with Crippen LogP contribution in [0.1, 0.15) is 51.1 Å². The van der Waals surface area contributed by atoms with E-state index >= 15 is 0 Å². The van der Waals surface area contributed by atoms with Crippen molar-refractivity contribution in [2.45, 2.75) is 50.8 Å². The maximum atomic E-state index is 12.5. The van der Waals surface area contributed by atoms with Crippen molar-refractivity contribution in [3.63, 3.8) is 0 Å². The predicted molar refractivity (Wildman–Crippen MR) is 78.5 cm³/mol. The third-order valence-electron chi connectivity index (χ3n) is 4.45. The summed E-state index contributed by atoms with van der Waals surface area (Å²) < 4.78 is 21.1. The van der Waals surface area contributed by atoms with Gasteiger partial charge in [-0.1, -0.05) is 0 Å². The maximum Gasteiger partial charge on any atom is 0.181 e. The Kier molecular flexibility index (Phi) is 3.61. The van der Waals surface area contributed by atoms with Crippen LogP contribution in [0.25, 0.3) is 0 Å². The van der Waals surface area contributed by atoms with Crippen LogP contribution in [0.15, 0.2) is 10.8 Å². The number of oxazole rings is 1. The van der Waals surface area contributed by atoms with Gasteiger partial charge >= 0.3 is 0 Å². The van der Waals surface area contributed by atoms with Crippen molar-refractivity contribution >= 4 is 11.4 Å². The van der Waals surface area contributed by atoms with E-state index in [1.807, 2.05) is 20.8 Å². The molecule has 1 aliphatic carbocycles. The van der Waals surface area contributed by atoms with Crippen molar-refractivity contribution in [2.24, 2.45) is 5.41 Å². The van der Waals surface area contributed by atoms with E-state index in [1.165, 1.54) is 6.39 Å². The molecule has 6 heteroatoms. The van der Waals surface area contributed by atoms with Gasteiger partial charge < -0.3 is 14.3 Å². The van der Waals surface area contributed by atoms with E-state index in [1.54, 1.807) is 0 Å². The molecule has 1 aromatic heterocycles. The number of nitrogens with zero attached hydrogens (tertiary/aromatic N) is 1. The number of hydrogen-bond acceptors (Lipinski definition) is 5. The average molecular weight is 297 g/mol. The Morgan fingerprint density at radius 2 is 2.15 bits per heavy atom. The SMILES string of the molecule is CC(C)(C)[S+]([O-])NC1c2ncoc2CC12CCNCC2. The third-order valence-corrected chi connectivity index (χ3v) is 6.01. The van der Waals surface area contributed by atoms with Crippen molar-refractivity contribution in [3.8, 4) is 0 Å². The first kappa shape index (κ1) is 14.4. The van der Waals surface area contributed by atoms with Gasteiger partial charge in [-0.15, -0.1) is 4.72 Å². The van der Waals surface area contributed by atoms with Gasteiger partial charge in [0.15, 0.2) is 6.39 Å². The minimum Gasteiger partial charge on any atom is -0.598 e. The summed E-state index contributed by atoms with van der Waals surface area (Å²) in [6.45, 7) is 7.98. The predicted octanol–water partition coefficient (Wildman–Crippen LogP) is 1.69. The van der Waals surface area contributed by atoms with Gasteiger partial charge in [0.2, 0.25) is 0 Å². The van der Waals surface area contributed by atoms with Crippen LogP contribution in [0.2, 0.25) is 0 Å². The molecule has 2 aliphatic rings. The summed E-state index contributed by atoms with van der Waals surface area (Å²) in [7, 11) is 0. The molecule has 2 heterocycles. The molecule has 0 amide bonds. The molecular weight excluding hydrogens is 274 g/mol. The van der Waals surface area contributed by atoms with Gasteiger partial charge in [-0.25, -0.2) is 4.98 Å². The highest BCUT2D eigenvalue weighted by Crippen LogP contribution is 2.51. The van der Waals surface area contributed by atoms with Crippen LogP contribution >= 0.6 is 0 Å². The Morgan fingerprint density at radius 1 is 1.45 bits per heavy atom. The molecular formula is C14H23N3O2S. The Morgan fingerprint density at radius 3 is 2.80 bits per heavy atom. The molecule has 0 bridgehead atoms. The number of fused-ring (bicyclic) bond motifs is 1. The lowest BCUT2D eigenvalue weighted by Gasteiger charge is -2.39. The van der Waals surface area contributed by atoms with Crippen molar-refractivity contribution in [3.05, 3.63) is 17.8 Å². The number of nitrogens with one attached hydrogen (secondary N) is 2. The van der Waals surface area contributed by atoms with E-state index in [9.17, 15) is 4.55 Å². The first-order chi connectivity index (χ1) is 9.42. The molecule has 0 aromatic carbocycles. The molecule has 0 saturated carbocycles. The standard InChI is InChI=1S/C14H23N3O2S/c1-13(2,3)20(18)17-12-11-10(19-9-16-11)8-14(12)4-6-15-7-5-14/h9,12,15,17H,4-8H2,1-3H3. The molecule has 112 valence electrons. The fourth-order valence-corrected chi connectivity index (χ4v) is 4.14. The van der Waals surface area contributed by atoms with Gasteiger partial charge in [0.25, 0.3) is 0 Å². The maximum absolute atomic E-state index is 12.5.